The van der Waals surface area contributed by atoms with Gasteiger partial charge in [0.05, 0.1) is 12.0 Å². The third kappa shape index (κ3) is 5.69. The second-order valence-corrected chi connectivity index (χ2v) is 9.06. The molecular weight excluding hydrogens is 498 g/mol. The molecule has 1 saturated heterocycles. The van der Waals surface area contributed by atoms with Gasteiger partial charge in [0.1, 0.15) is 11.3 Å². The molecule has 4 heterocycles. The number of hydrogen-bond acceptors (Lipinski definition) is 8. The molecule has 37 heavy (non-hydrogen) atoms. The van der Waals surface area contributed by atoms with Gasteiger partial charge in [-0.05, 0) is 68.1 Å². The van der Waals surface area contributed by atoms with Crippen molar-refractivity contribution in [3.05, 3.63) is 53.9 Å². The molecule has 1 fully saturated rings. The van der Waals surface area contributed by atoms with E-state index in [-0.39, 0.29) is 17.9 Å². The van der Waals surface area contributed by atoms with Gasteiger partial charge < -0.3 is 33.4 Å². The lowest BCUT2D eigenvalue weighted by molar-refractivity contribution is 0.173. The predicted octanol–water partition coefficient (Wildman–Crippen LogP) is 5.02. The average Bonchev–Trinajstić information content (AvgIpc) is 3.65. The summed E-state index contributed by atoms with van der Waals surface area (Å²) in [7, 11) is 0. The van der Waals surface area contributed by atoms with Crippen LogP contribution in [-0.2, 0) is 6.42 Å². The molecule has 2 aliphatic heterocycles. The summed E-state index contributed by atoms with van der Waals surface area (Å²) in [4.78, 5) is 2.53. The topological polar surface area (TPSA) is 114 Å². The van der Waals surface area contributed by atoms with Crippen LogP contribution in [0.2, 0.25) is 0 Å². The Morgan fingerprint density at radius 1 is 1.00 bits per heavy atom. The zero-order valence-electron chi connectivity index (χ0n) is 20.8. The van der Waals surface area contributed by atoms with Gasteiger partial charge in [-0.15, -0.1) is 22.6 Å². The first kappa shape index (κ1) is 26.8. The Labute approximate surface area is 221 Å². The van der Waals surface area contributed by atoms with Crippen molar-refractivity contribution >= 4 is 23.4 Å². The van der Waals surface area contributed by atoms with Crippen molar-refractivity contribution in [2.45, 2.75) is 38.5 Å². The van der Waals surface area contributed by atoms with E-state index < -0.39 is 0 Å². The van der Waals surface area contributed by atoms with Crippen LogP contribution in [0.25, 0.3) is 22.6 Å². The van der Waals surface area contributed by atoms with Gasteiger partial charge in [-0.2, -0.15) is 0 Å². The van der Waals surface area contributed by atoms with Crippen LogP contribution < -0.4 is 14.2 Å². The molecule has 2 N–H and O–H groups in total. The number of rotatable bonds is 8. The molecule has 0 unspecified atom stereocenters. The van der Waals surface area contributed by atoms with Crippen LogP contribution in [-0.4, -0.2) is 53.6 Å². The van der Waals surface area contributed by atoms with Gasteiger partial charge in [0.2, 0.25) is 12.7 Å². The number of fused-ring (bicyclic) bond motifs is 2. The van der Waals surface area contributed by atoms with Crippen LogP contribution in [0.15, 0.2) is 51.3 Å². The van der Waals surface area contributed by atoms with Gasteiger partial charge in [0.25, 0.3) is 5.89 Å². The molecule has 198 valence electrons. The highest BCUT2D eigenvalue weighted by molar-refractivity contribution is 5.87. The number of likely N-dealkylation sites (tertiary alicyclic amines) is 1. The summed E-state index contributed by atoms with van der Waals surface area (Å²) < 4.78 is 28.7. The molecule has 6 rings (SSSR count). The number of halogens is 1. The van der Waals surface area contributed by atoms with Gasteiger partial charge in [-0.1, -0.05) is 19.1 Å². The fraction of sp³-hybridized carbons (Fsp3) is 0.407. The molecule has 0 atom stereocenters. The molecule has 0 spiro atoms. The Hall–Kier alpha value is -3.27. The van der Waals surface area contributed by atoms with Crippen LogP contribution in [0.4, 0.5) is 0 Å². The quantitative estimate of drug-likeness (QED) is 0.292. The van der Waals surface area contributed by atoms with Crippen molar-refractivity contribution < 1.29 is 28.5 Å². The highest BCUT2D eigenvalue weighted by atomic mass is 35.5. The summed E-state index contributed by atoms with van der Waals surface area (Å²) in [6.07, 6.45) is 3.98. The van der Waals surface area contributed by atoms with Gasteiger partial charge in [0.15, 0.2) is 17.3 Å². The minimum Gasteiger partial charge on any atom is -0.493 e. The lowest BCUT2D eigenvalue weighted by Crippen LogP contribution is -2.34. The molecule has 0 amide bonds. The Kier molecular flexibility index (Phi) is 8.58. The summed E-state index contributed by atoms with van der Waals surface area (Å²) in [6, 6.07) is 14.1. The third-order valence-corrected chi connectivity index (χ3v) is 6.83. The molecule has 2 aromatic heterocycles. The number of aryl methyl sites for hydroxylation is 1. The summed E-state index contributed by atoms with van der Waals surface area (Å²) in [6.45, 7) is 6.19. The minimum atomic E-state index is 0. The number of piperidine rings is 1. The van der Waals surface area contributed by atoms with Crippen LogP contribution in [0.1, 0.15) is 43.6 Å². The maximum atomic E-state index is 6.14. The van der Waals surface area contributed by atoms with Crippen LogP contribution in [0.3, 0.4) is 0 Å². The molecule has 0 radical (unpaired) electrons. The maximum absolute atomic E-state index is 6.14. The highest BCUT2D eigenvalue weighted by Crippen LogP contribution is 2.37. The molecule has 0 saturated carbocycles. The van der Waals surface area contributed by atoms with Crippen molar-refractivity contribution in [3.63, 3.8) is 0 Å². The standard InChI is InChI=1S/C27H29N3O5.ClH.H2O/c1-2-26-28-29-27(35-26)25-16-20-21(5-3-6-22(20)34-25)31-14-4-11-30-12-9-18(10-13-30)19-7-8-23-24(15-19)33-17-32-23;;/h3,5-8,15-16,18H,2,4,9-14,17H2,1H3;1H;1H2. The predicted molar refractivity (Wildman–Crippen MR) is 141 cm³/mol. The first-order valence-electron chi connectivity index (χ1n) is 12.4. The number of hydrogen-bond donors (Lipinski definition) is 0. The second kappa shape index (κ2) is 11.9. The number of benzene rings is 2. The normalized spacial score (nSPS) is 15.4. The lowest BCUT2D eigenvalue weighted by atomic mass is 9.89. The van der Waals surface area contributed by atoms with Gasteiger partial charge in [-0.3, -0.25) is 0 Å². The number of aromatic nitrogens is 2. The van der Waals surface area contributed by atoms with Crippen LogP contribution in [0.5, 0.6) is 17.2 Å². The van der Waals surface area contributed by atoms with E-state index in [1.807, 2.05) is 37.3 Å². The second-order valence-electron chi connectivity index (χ2n) is 9.06. The molecule has 2 aromatic carbocycles. The SMILES string of the molecule is CCc1nnc(-c2cc3c(OCCCN4CCC(c5ccc6c(c5)OCO6)CC4)cccc3o2)o1.Cl.O. The first-order valence-corrected chi connectivity index (χ1v) is 12.4. The molecule has 4 aromatic rings. The molecule has 0 bridgehead atoms. The van der Waals surface area contributed by atoms with E-state index in [0.717, 1.165) is 67.1 Å². The summed E-state index contributed by atoms with van der Waals surface area (Å²) in [5.41, 5.74) is 2.11. The van der Waals surface area contributed by atoms with E-state index in [2.05, 4.69) is 27.2 Å². The fourth-order valence-electron chi connectivity index (χ4n) is 4.89. The maximum Gasteiger partial charge on any atom is 0.283 e. The molecule has 9 nitrogen and oxygen atoms in total. The Morgan fingerprint density at radius 3 is 2.65 bits per heavy atom. The van der Waals surface area contributed by atoms with Gasteiger partial charge >= 0.3 is 0 Å². The highest BCUT2D eigenvalue weighted by Gasteiger charge is 2.23. The van der Waals surface area contributed by atoms with Crippen molar-refractivity contribution in [1.29, 1.82) is 0 Å². The van der Waals surface area contributed by atoms with E-state index in [0.29, 0.717) is 43.3 Å². The van der Waals surface area contributed by atoms with E-state index in [4.69, 9.17) is 23.0 Å². The van der Waals surface area contributed by atoms with E-state index in [9.17, 15) is 0 Å². The summed E-state index contributed by atoms with van der Waals surface area (Å²) in [5.74, 6) is 4.68. The van der Waals surface area contributed by atoms with E-state index in [1.54, 1.807) is 0 Å². The van der Waals surface area contributed by atoms with Gasteiger partial charge in [-0.25, -0.2) is 0 Å². The van der Waals surface area contributed by atoms with Crippen molar-refractivity contribution in [1.82, 2.24) is 15.1 Å². The summed E-state index contributed by atoms with van der Waals surface area (Å²) >= 11 is 0. The number of nitrogens with zero attached hydrogens (tertiary/aromatic N) is 3. The van der Waals surface area contributed by atoms with Crippen LogP contribution >= 0.6 is 12.4 Å². The zero-order valence-corrected chi connectivity index (χ0v) is 21.6. The van der Waals surface area contributed by atoms with Crippen molar-refractivity contribution in [2.75, 3.05) is 33.0 Å². The Bertz CT molecular complexity index is 1310. The largest absolute Gasteiger partial charge is 0.493 e. The first-order chi connectivity index (χ1) is 17.3. The molecule has 0 aliphatic carbocycles. The van der Waals surface area contributed by atoms with Gasteiger partial charge in [0, 0.05) is 19.0 Å². The fourth-order valence-corrected chi connectivity index (χ4v) is 4.89. The minimum absolute atomic E-state index is 0. The molecular formula is C27H32ClN3O6. The van der Waals surface area contributed by atoms with Crippen molar-refractivity contribution in [3.8, 4) is 28.9 Å². The smallest absolute Gasteiger partial charge is 0.283 e. The third-order valence-electron chi connectivity index (χ3n) is 6.83. The number of ether oxygens (including phenoxy) is 3. The van der Waals surface area contributed by atoms with Crippen molar-refractivity contribution in [2.24, 2.45) is 0 Å². The molecule has 2 aliphatic rings. The van der Waals surface area contributed by atoms with E-state index in [1.165, 1.54) is 5.56 Å². The average molecular weight is 530 g/mol. The van der Waals surface area contributed by atoms with E-state index >= 15 is 0 Å². The Balaban J connectivity index is 0.00000160. The van der Waals surface area contributed by atoms with Crippen LogP contribution in [0, 0.1) is 0 Å². The summed E-state index contributed by atoms with van der Waals surface area (Å²) in [5, 5.41) is 9.02. The monoisotopic (exact) mass is 529 g/mol. The zero-order chi connectivity index (χ0) is 23.6. The molecule has 10 heteroatoms. The Morgan fingerprint density at radius 2 is 1.84 bits per heavy atom. The number of furan rings is 1. The lowest BCUT2D eigenvalue weighted by Gasteiger charge is -2.32.